The van der Waals surface area contributed by atoms with Crippen LogP contribution in [-0.2, 0) is 0 Å². The van der Waals surface area contributed by atoms with E-state index in [0.29, 0.717) is 5.37 Å². The Morgan fingerprint density at radius 2 is 2.00 bits per heavy atom. The maximum Gasteiger partial charge on any atom is 0.117 e. The summed E-state index contributed by atoms with van der Waals surface area (Å²) in [6, 6.07) is 0. The second-order valence-electron chi connectivity index (χ2n) is 1.95. The van der Waals surface area contributed by atoms with Gasteiger partial charge in [-0.05, 0) is 27.3 Å². The van der Waals surface area contributed by atoms with Crippen LogP contribution in [0, 0.1) is 11.8 Å². The van der Waals surface area contributed by atoms with Gasteiger partial charge in [0.15, 0.2) is 0 Å². The zero-order chi connectivity index (χ0) is 7.28. The molecule has 0 N–H and O–H groups in total. The highest BCUT2D eigenvalue weighted by molar-refractivity contribution is 7.99. The fourth-order valence-electron chi connectivity index (χ4n) is 0.522. The molecule has 0 aliphatic rings. The molecule has 0 aliphatic carbocycles. The minimum atomic E-state index is 0.356. The van der Waals surface area contributed by atoms with Crippen molar-refractivity contribution in [2.45, 2.75) is 12.3 Å². The molecule has 2 heteroatoms. The average molecular weight is 143 g/mol. The van der Waals surface area contributed by atoms with Gasteiger partial charge in [-0.3, -0.25) is 4.90 Å². The lowest BCUT2D eigenvalue weighted by Gasteiger charge is -2.15. The van der Waals surface area contributed by atoms with Crippen molar-refractivity contribution in [1.82, 2.24) is 4.90 Å². The molecule has 1 atom stereocenters. The molecule has 0 aliphatic heterocycles. The summed E-state index contributed by atoms with van der Waals surface area (Å²) in [6.45, 7) is 1.87. The molecular formula is C7H13NS. The van der Waals surface area contributed by atoms with Crippen molar-refractivity contribution in [3.05, 3.63) is 0 Å². The molecule has 1 unspecified atom stereocenters. The number of nitrogens with zero attached hydrogens (tertiary/aromatic N) is 1. The van der Waals surface area contributed by atoms with E-state index < -0.39 is 0 Å². The normalized spacial score (nSPS) is 12.6. The van der Waals surface area contributed by atoms with E-state index in [4.69, 9.17) is 0 Å². The van der Waals surface area contributed by atoms with Gasteiger partial charge in [0.05, 0.1) is 0 Å². The molecule has 0 fully saturated rings. The van der Waals surface area contributed by atoms with Crippen LogP contribution in [0.5, 0.6) is 0 Å². The average Bonchev–Trinajstić information content (AvgIpc) is 1.82. The number of thioether (sulfide) groups is 1. The van der Waals surface area contributed by atoms with Crippen LogP contribution in [0.25, 0.3) is 0 Å². The topological polar surface area (TPSA) is 3.24 Å². The summed E-state index contributed by atoms with van der Waals surface area (Å²) in [4.78, 5) is 2.10. The van der Waals surface area contributed by atoms with Crippen LogP contribution < -0.4 is 0 Å². The third kappa shape index (κ3) is 3.45. The Kier molecular flexibility index (Phi) is 4.65. The Morgan fingerprint density at radius 1 is 1.44 bits per heavy atom. The molecule has 0 saturated carbocycles. The van der Waals surface area contributed by atoms with Gasteiger partial charge < -0.3 is 0 Å². The zero-order valence-electron chi connectivity index (χ0n) is 6.43. The molecule has 1 nitrogen and oxygen atoms in total. The van der Waals surface area contributed by atoms with Gasteiger partial charge >= 0.3 is 0 Å². The van der Waals surface area contributed by atoms with Crippen molar-refractivity contribution in [3.63, 3.8) is 0 Å². The first-order valence-corrected chi connectivity index (χ1v) is 4.12. The lowest BCUT2D eigenvalue weighted by molar-refractivity contribution is 0.436. The monoisotopic (exact) mass is 143 g/mol. The van der Waals surface area contributed by atoms with Gasteiger partial charge in [0.25, 0.3) is 0 Å². The summed E-state index contributed by atoms with van der Waals surface area (Å²) in [5.74, 6) is 5.96. The van der Waals surface area contributed by atoms with Crippen molar-refractivity contribution in [2.24, 2.45) is 0 Å². The van der Waals surface area contributed by atoms with Gasteiger partial charge in [-0.25, -0.2) is 0 Å². The number of hydrogen-bond acceptors (Lipinski definition) is 2. The van der Waals surface area contributed by atoms with Crippen molar-refractivity contribution < 1.29 is 0 Å². The molecule has 0 spiro atoms. The van der Waals surface area contributed by atoms with Gasteiger partial charge in [-0.1, -0.05) is 5.92 Å². The standard InChI is InChI=1S/C7H13NS/c1-5-6-7(9-4)8(2)3/h7H,1-4H3. The summed E-state index contributed by atoms with van der Waals surface area (Å²) < 4.78 is 0. The van der Waals surface area contributed by atoms with E-state index in [2.05, 4.69) is 23.0 Å². The van der Waals surface area contributed by atoms with E-state index in [1.54, 1.807) is 11.8 Å². The first kappa shape index (κ1) is 8.87. The largest absolute Gasteiger partial charge is 0.288 e. The maximum atomic E-state index is 3.07. The molecule has 0 aromatic heterocycles. The Morgan fingerprint density at radius 3 is 2.11 bits per heavy atom. The second kappa shape index (κ2) is 4.72. The molecule has 0 radical (unpaired) electrons. The first-order valence-electron chi connectivity index (χ1n) is 2.84. The minimum Gasteiger partial charge on any atom is -0.288 e. The third-order valence-electron chi connectivity index (χ3n) is 0.960. The van der Waals surface area contributed by atoms with Crippen molar-refractivity contribution in [2.75, 3.05) is 20.4 Å². The lowest BCUT2D eigenvalue weighted by atomic mass is 10.5. The van der Waals surface area contributed by atoms with Crippen LogP contribution in [0.2, 0.25) is 0 Å². The Bertz CT molecular complexity index is 121. The summed E-state index contributed by atoms with van der Waals surface area (Å²) in [6.07, 6.45) is 2.06. The molecule has 0 rings (SSSR count). The van der Waals surface area contributed by atoms with Crippen molar-refractivity contribution in [3.8, 4) is 11.8 Å². The highest BCUT2D eigenvalue weighted by Crippen LogP contribution is 2.06. The molecular weight excluding hydrogens is 130 g/mol. The van der Waals surface area contributed by atoms with Crippen LogP contribution in [0.1, 0.15) is 6.92 Å². The van der Waals surface area contributed by atoms with Gasteiger partial charge in [0.2, 0.25) is 0 Å². The summed E-state index contributed by atoms with van der Waals surface area (Å²) in [5.41, 5.74) is 0. The van der Waals surface area contributed by atoms with E-state index in [0.717, 1.165) is 0 Å². The Labute approximate surface area is 61.8 Å². The van der Waals surface area contributed by atoms with E-state index in [1.165, 1.54) is 0 Å². The van der Waals surface area contributed by atoms with Crippen LogP contribution >= 0.6 is 11.8 Å². The fraction of sp³-hybridized carbons (Fsp3) is 0.714. The smallest absolute Gasteiger partial charge is 0.117 e. The molecule has 0 amide bonds. The molecule has 0 aromatic rings. The molecule has 0 bridgehead atoms. The summed E-state index contributed by atoms with van der Waals surface area (Å²) in [7, 11) is 4.07. The highest BCUT2D eigenvalue weighted by atomic mass is 32.2. The van der Waals surface area contributed by atoms with E-state index in [1.807, 2.05) is 21.0 Å². The maximum absolute atomic E-state index is 3.07. The van der Waals surface area contributed by atoms with Crippen LogP contribution in [0.15, 0.2) is 0 Å². The highest BCUT2D eigenvalue weighted by Gasteiger charge is 2.02. The fourth-order valence-corrected chi connectivity index (χ4v) is 1.18. The van der Waals surface area contributed by atoms with E-state index in [-0.39, 0.29) is 0 Å². The van der Waals surface area contributed by atoms with Crippen molar-refractivity contribution >= 4 is 11.8 Å². The summed E-state index contributed by atoms with van der Waals surface area (Å²) in [5, 5.41) is 0.356. The van der Waals surface area contributed by atoms with Gasteiger partial charge in [-0.15, -0.1) is 17.7 Å². The minimum absolute atomic E-state index is 0.356. The number of rotatable bonds is 2. The van der Waals surface area contributed by atoms with Gasteiger partial charge in [-0.2, -0.15) is 0 Å². The zero-order valence-corrected chi connectivity index (χ0v) is 7.25. The summed E-state index contributed by atoms with van der Waals surface area (Å²) >= 11 is 1.75. The molecule has 0 saturated heterocycles. The quantitative estimate of drug-likeness (QED) is 0.423. The number of hydrogen-bond donors (Lipinski definition) is 0. The molecule has 52 valence electrons. The van der Waals surface area contributed by atoms with Gasteiger partial charge in [0.1, 0.15) is 5.37 Å². The Balaban J connectivity index is 3.78. The second-order valence-corrected chi connectivity index (χ2v) is 2.86. The third-order valence-corrected chi connectivity index (χ3v) is 1.95. The van der Waals surface area contributed by atoms with E-state index in [9.17, 15) is 0 Å². The molecule has 0 heterocycles. The predicted octanol–water partition coefficient (Wildman–Crippen LogP) is 1.26. The predicted molar refractivity (Wildman–Crippen MR) is 44.4 cm³/mol. The Hall–Kier alpha value is -0.130. The molecule has 0 aromatic carbocycles. The van der Waals surface area contributed by atoms with E-state index >= 15 is 0 Å². The lowest BCUT2D eigenvalue weighted by Crippen LogP contribution is -2.22. The van der Waals surface area contributed by atoms with Crippen molar-refractivity contribution in [1.29, 1.82) is 0 Å². The first-order chi connectivity index (χ1) is 4.22. The van der Waals surface area contributed by atoms with Crippen LogP contribution in [0.4, 0.5) is 0 Å². The molecule has 9 heavy (non-hydrogen) atoms. The SMILES string of the molecule is CC#CC(SC)N(C)C. The van der Waals surface area contributed by atoms with Crippen LogP contribution in [-0.4, -0.2) is 30.6 Å². The van der Waals surface area contributed by atoms with Crippen LogP contribution in [0.3, 0.4) is 0 Å². The van der Waals surface area contributed by atoms with Gasteiger partial charge in [0, 0.05) is 0 Å².